The fraction of sp³-hybridized carbons (Fsp3) is 0.458. The summed E-state index contributed by atoms with van der Waals surface area (Å²) in [5, 5.41) is 0. The van der Waals surface area contributed by atoms with E-state index in [0.717, 1.165) is 38.3 Å². The second-order valence-corrected chi connectivity index (χ2v) is 9.04. The van der Waals surface area contributed by atoms with Gasteiger partial charge in [-0.3, -0.25) is 14.6 Å². The zero-order chi connectivity index (χ0) is 22.3. The maximum atomic E-state index is 12.9. The lowest BCUT2D eigenvalue weighted by Crippen LogP contribution is -2.81. The molecule has 0 aromatic heterocycles. The molecule has 1 spiro atoms. The van der Waals surface area contributed by atoms with Gasteiger partial charge in [0.05, 0.1) is 24.3 Å². The topological polar surface area (TPSA) is 36.0 Å². The van der Waals surface area contributed by atoms with E-state index >= 15 is 0 Å². The Labute approximate surface area is 185 Å². The van der Waals surface area contributed by atoms with Gasteiger partial charge in [0.1, 0.15) is 0 Å². The highest BCUT2D eigenvalue weighted by Gasteiger charge is 2.55. The molecule has 2 aromatic rings. The highest BCUT2D eigenvalue weighted by molar-refractivity contribution is 5.95. The molecular weight excluding hydrogens is 419 g/mol. The Morgan fingerprint density at radius 3 is 2.44 bits per heavy atom. The van der Waals surface area contributed by atoms with Crippen LogP contribution < -0.4 is 0 Å². The van der Waals surface area contributed by atoms with Gasteiger partial charge in [0, 0.05) is 50.9 Å². The monoisotopic (exact) mass is 445 g/mol. The zero-order valence-corrected chi connectivity index (χ0v) is 17.7. The number of fused-ring (bicyclic) bond motifs is 2. The van der Waals surface area contributed by atoms with Crippen molar-refractivity contribution in [3.63, 3.8) is 0 Å². The van der Waals surface area contributed by atoms with Gasteiger partial charge in [-0.1, -0.05) is 30.3 Å². The highest BCUT2D eigenvalue weighted by Crippen LogP contribution is 2.37. The Balaban J connectivity index is 1.30. The molecule has 3 saturated heterocycles. The van der Waals surface area contributed by atoms with Gasteiger partial charge >= 0.3 is 6.18 Å². The van der Waals surface area contributed by atoms with E-state index in [1.807, 2.05) is 18.2 Å². The third kappa shape index (κ3) is 4.02. The molecule has 5 rings (SSSR count). The molecule has 3 fully saturated rings. The summed E-state index contributed by atoms with van der Waals surface area (Å²) in [6, 6.07) is 15.1. The summed E-state index contributed by atoms with van der Waals surface area (Å²) in [6.07, 6.45) is -4.40. The van der Waals surface area contributed by atoms with Crippen molar-refractivity contribution in [1.29, 1.82) is 0 Å². The number of nitrogens with zero attached hydrogens (tertiary/aromatic N) is 3. The smallest absolute Gasteiger partial charge is 0.378 e. The molecule has 0 aliphatic carbocycles. The van der Waals surface area contributed by atoms with Crippen LogP contribution in [0.1, 0.15) is 21.5 Å². The molecule has 1 atom stereocenters. The second kappa shape index (κ2) is 8.17. The van der Waals surface area contributed by atoms with Crippen LogP contribution >= 0.6 is 0 Å². The number of likely N-dealkylation sites (tertiary alicyclic amines) is 1. The van der Waals surface area contributed by atoms with Gasteiger partial charge in [-0.05, 0) is 29.8 Å². The summed E-state index contributed by atoms with van der Waals surface area (Å²) in [6.45, 7) is 5.98. The molecule has 8 heteroatoms. The van der Waals surface area contributed by atoms with Gasteiger partial charge in [-0.25, -0.2) is 0 Å². The lowest BCUT2D eigenvalue weighted by molar-refractivity contribution is -0.157. The molecule has 0 radical (unpaired) electrons. The first-order valence-electron chi connectivity index (χ1n) is 10.9. The Bertz CT molecular complexity index is 959. The number of hydrogen-bond donors (Lipinski definition) is 0. The fourth-order valence-corrected chi connectivity index (χ4v) is 5.34. The van der Waals surface area contributed by atoms with Gasteiger partial charge in [0.25, 0.3) is 5.91 Å². The third-order valence-corrected chi connectivity index (χ3v) is 6.79. The number of hydrogen-bond acceptors (Lipinski definition) is 4. The third-order valence-electron chi connectivity index (χ3n) is 6.79. The minimum atomic E-state index is -4.40. The number of carbonyl (C=O) groups is 1. The molecule has 32 heavy (non-hydrogen) atoms. The van der Waals surface area contributed by atoms with E-state index in [2.05, 4.69) is 21.9 Å². The zero-order valence-electron chi connectivity index (χ0n) is 17.7. The first-order chi connectivity index (χ1) is 15.3. The minimum absolute atomic E-state index is 0.136. The molecule has 0 N–H and O–H groups in total. The first-order valence-corrected chi connectivity index (χ1v) is 10.9. The molecule has 3 aliphatic heterocycles. The molecule has 2 aromatic carbocycles. The lowest BCUT2D eigenvalue weighted by atomic mass is 9.82. The standard InChI is InChI=1S/C24H26F3N3O2/c25-24(26,27)20-8-6-19(7-9-20)22(31)29-16-23(17-29)15-28(12-18-4-2-1-3-5-18)13-21-14-32-11-10-30(21)23/h1-9,21H,10-17H2. The molecule has 3 aliphatic rings. The maximum absolute atomic E-state index is 12.9. The molecule has 170 valence electrons. The van der Waals surface area contributed by atoms with Crippen molar-refractivity contribution >= 4 is 5.91 Å². The van der Waals surface area contributed by atoms with E-state index in [-0.39, 0.29) is 17.5 Å². The van der Waals surface area contributed by atoms with Gasteiger partial charge in [-0.15, -0.1) is 0 Å². The number of benzene rings is 2. The van der Waals surface area contributed by atoms with E-state index in [4.69, 9.17) is 4.74 Å². The Morgan fingerprint density at radius 2 is 1.75 bits per heavy atom. The van der Waals surface area contributed by atoms with Crippen molar-refractivity contribution in [2.24, 2.45) is 0 Å². The molecule has 3 heterocycles. The molecule has 0 bridgehead atoms. The summed E-state index contributed by atoms with van der Waals surface area (Å²) < 4.78 is 44.2. The summed E-state index contributed by atoms with van der Waals surface area (Å²) in [4.78, 5) is 19.6. The van der Waals surface area contributed by atoms with Gasteiger partial charge in [-0.2, -0.15) is 13.2 Å². The van der Waals surface area contributed by atoms with E-state index in [1.54, 1.807) is 4.90 Å². The molecule has 1 unspecified atom stereocenters. The second-order valence-electron chi connectivity index (χ2n) is 9.04. The molecule has 0 saturated carbocycles. The number of piperazine rings is 1. The Morgan fingerprint density at radius 1 is 1.03 bits per heavy atom. The van der Waals surface area contributed by atoms with Crippen molar-refractivity contribution in [3.05, 3.63) is 71.3 Å². The number of ether oxygens (including phenoxy) is 1. The van der Waals surface area contributed by atoms with Crippen LogP contribution in [0.15, 0.2) is 54.6 Å². The van der Waals surface area contributed by atoms with Gasteiger partial charge in [0.2, 0.25) is 0 Å². The summed E-state index contributed by atoms with van der Waals surface area (Å²) in [5.74, 6) is -0.214. The van der Waals surface area contributed by atoms with Gasteiger partial charge in [0.15, 0.2) is 0 Å². The summed E-state index contributed by atoms with van der Waals surface area (Å²) in [7, 11) is 0. The maximum Gasteiger partial charge on any atom is 0.416 e. The highest BCUT2D eigenvalue weighted by atomic mass is 19.4. The number of halogens is 3. The summed E-state index contributed by atoms with van der Waals surface area (Å²) in [5.41, 5.74) is 0.672. The Hall–Kier alpha value is -2.42. The number of amides is 1. The number of carbonyl (C=O) groups excluding carboxylic acids is 1. The molecular formula is C24H26F3N3O2. The van der Waals surface area contributed by atoms with Crippen molar-refractivity contribution in [1.82, 2.24) is 14.7 Å². The lowest BCUT2D eigenvalue weighted by Gasteiger charge is -2.63. The Kier molecular flexibility index (Phi) is 5.47. The van der Waals surface area contributed by atoms with Crippen LogP contribution in [0.4, 0.5) is 13.2 Å². The van der Waals surface area contributed by atoms with Gasteiger partial charge < -0.3 is 9.64 Å². The SMILES string of the molecule is O=C(c1ccc(C(F)(F)F)cc1)N1CC2(CN(Cc3ccccc3)CC3COCCN32)C1. The number of alkyl halides is 3. The predicted octanol–water partition coefficient (Wildman–Crippen LogP) is 3.12. The van der Waals surface area contributed by atoms with Crippen LogP contribution in [-0.2, 0) is 17.5 Å². The minimum Gasteiger partial charge on any atom is -0.378 e. The normalized spacial score (nSPS) is 23.6. The fourth-order valence-electron chi connectivity index (χ4n) is 5.34. The van der Waals surface area contributed by atoms with Crippen LogP contribution in [0, 0.1) is 0 Å². The number of rotatable bonds is 3. The first kappa shape index (κ1) is 21.4. The van der Waals surface area contributed by atoms with Crippen molar-refractivity contribution in [2.45, 2.75) is 24.3 Å². The van der Waals surface area contributed by atoms with Crippen LogP contribution in [-0.4, -0.2) is 78.1 Å². The average molecular weight is 445 g/mol. The number of morpholine rings is 1. The van der Waals surface area contributed by atoms with Crippen molar-refractivity contribution in [2.75, 3.05) is 45.9 Å². The average Bonchev–Trinajstić information content (AvgIpc) is 2.76. The molecule has 5 nitrogen and oxygen atoms in total. The quantitative estimate of drug-likeness (QED) is 0.728. The largest absolute Gasteiger partial charge is 0.416 e. The van der Waals surface area contributed by atoms with E-state index < -0.39 is 11.7 Å². The van der Waals surface area contributed by atoms with Crippen molar-refractivity contribution in [3.8, 4) is 0 Å². The van der Waals surface area contributed by atoms with E-state index in [0.29, 0.717) is 31.9 Å². The summed E-state index contributed by atoms with van der Waals surface area (Å²) >= 11 is 0. The van der Waals surface area contributed by atoms with Crippen molar-refractivity contribution < 1.29 is 22.7 Å². The van der Waals surface area contributed by atoms with Crippen LogP contribution in [0.5, 0.6) is 0 Å². The van der Waals surface area contributed by atoms with Crippen LogP contribution in [0.25, 0.3) is 0 Å². The predicted molar refractivity (Wildman–Crippen MR) is 113 cm³/mol. The van der Waals surface area contributed by atoms with Crippen LogP contribution in [0.3, 0.4) is 0 Å². The van der Waals surface area contributed by atoms with E-state index in [1.165, 1.54) is 17.7 Å². The van der Waals surface area contributed by atoms with Crippen LogP contribution in [0.2, 0.25) is 0 Å². The van der Waals surface area contributed by atoms with E-state index in [9.17, 15) is 18.0 Å². The molecule has 1 amide bonds.